The molecule has 120 valence electrons. The Morgan fingerprint density at radius 1 is 1.17 bits per heavy atom. The first-order valence-corrected chi connectivity index (χ1v) is 8.25. The minimum Gasteiger partial charge on any atom is -0.458 e. The van der Waals surface area contributed by atoms with E-state index in [4.69, 9.17) is 9.47 Å². The number of hydrogen-bond donors (Lipinski definition) is 0. The van der Waals surface area contributed by atoms with Crippen LogP contribution in [-0.2, 0) is 19.1 Å². The highest BCUT2D eigenvalue weighted by Crippen LogP contribution is 2.46. The molecule has 0 fully saturated rings. The van der Waals surface area contributed by atoms with Gasteiger partial charge in [-0.1, -0.05) is 28.1 Å². The summed E-state index contributed by atoms with van der Waals surface area (Å²) >= 11 is 3.64. The molecule has 0 radical (unpaired) electrons. The van der Waals surface area contributed by atoms with Crippen molar-refractivity contribution in [1.82, 2.24) is 4.98 Å². The highest BCUT2D eigenvalue weighted by Gasteiger charge is 2.39. The molecule has 0 aliphatic heterocycles. The molecule has 5 nitrogen and oxygen atoms in total. The fraction of sp³-hybridized carbons (Fsp3) is 0.353. The minimum absolute atomic E-state index is 0.0123. The maximum atomic E-state index is 11.6. The first-order valence-electron chi connectivity index (χ1n) is 7.33. The van der Waals surface area contributed by atoms with E-state index in [0.717, 1.165) is 22.0 Å². The SMILES string of the molecule is CC(=O)OC1CC(Br)c2ccc3ncccc3c2C1OC(C)=O. The van der Waals surface area contributed by atoms with Gasteiger partial charge in [-0.2, -0.15) is 0 Å². The second-order valence-corrected chi connectivity index (χ2v) is 6.63. The molecule has 0 bridgehead atoms. The number of rotatable bonds is 2. The maximum absolute atomic E-state index is 11.6. The topological polar surface area (TPSA) is 65.5 Å². The number of fused-ring (bicyclic) bond motifs is 3. The van der Waals surface area contributed by atoms with E-state index < -0.39 is 24.1 Å². The number of nitrogens with zero attached hydrogens (tertiary/aromatic N) is 1. The van der Waals surface area contributed by atoms with Gasteiger partial charge in [-0.25, -0.2) is 0 Å². The monoisotopic (exact) mass is 377 g/mol. The zero-order valence-electron chi connectivity index (χ0n) is 12.8. The molecule has 1 aliphatic carbocycles. The predicted molar refractivity (Wildman–Crippen MR) is 88.1 cm³/mol. The fourth-order valence-corrected chi connectivity index (χ4v) is 3.83. The average molecular weight is 378 g/mol. The normalized spacial score (nSPS) is 23.2. The van der Waals surface area contributed by atoms with Crippen LogP contribution in [0.2, 0.25) is 0 Å². The van der Waals surface area contributed by atoms with Gasteiger partial charge in [0.05, 0.1) is 5.52 Å². The Morgan fingerprint density at radius 3 is 2.61 bits per heavy atom. The summed E-state index contributed by atoms with van der Waals surface area (Å²) in [6, 6.07) is 7.70. The van der Waals surface area contributed by atoms with Gasteiger partial charge in [-0.3, -0.25) is 14.6 Å². The molecule has 0 saturated carbocycles. The van der Waals surface area contributed by atoms with Crippen LogP contribution in [0.15, 0.2) is 30.5 Å². The zero-order chi connectivity index (χ0) is 16.6. The van der Waals surface area contributed by atoms with Crippen molar-refractivity contribution in [1.29, 1.82) is 0 Å². The number of pyridine rings is 1. The molecule has 0 N–H and O–H groups in total. The van der Waals surface area contributed by atoms with Gasteiger partial charge in [0.25, 0.3) is 0 Å². The van der Waals surface area contributed by atoms with E-state index in [9.17, 15) is 9.59 Å². The Bertz CT molecular complexity index is 776. The molecule has 2 aromatic rings. The molecule has 1 aromatic heterocycles. The Labute approximate surface area is 142 Å². The van der Waals surface area contributed by atoms with Crippen LogP contribution >= 0.6 is 15.9 Å². The molecule has 3 rings (SSSR count). The van der Waals surface area contributed by atoms with E-state index >= 15 is 0 Å². The standard InChI is InChI=1S/C17H16BrNO4/c1-9(20)22-15-8-13(18)11-5-6-14-12(4-3-7-19-14)16(11)17(15)23-10(2)21/h3-7,13,15,17H,8H2,1-2H3. The summed E-state index contributed by atoms with van der Waals surface area (Å²) in [6.07, 6.45) is 1.09. The third-order valence-corrected chi connectivity index (χ3v) is 4.74. The molecule has 6 heteroatoms. The van der Waals surface area contributed by atoms with E-state index in [1.54, 1.807) is 6.20 Å². The van der Waals surface area contributed by atoms with Crippen LogP contribution in [0.3, 0.4) is 0 Å². The average Bonchev–Trinajstić information content (AvgIpc) is 2.49. The third-order valence-electron chi connectivity index (χ3n) is 3.87. The lowest BCUT2D eigenvalue weighted by molar-refractivity contribution is -0.167. The van der Waals surface area contributed by atoms with E-state index in [1.807, 2.05) is 24.3 Å². The van der Waals surface area contributed by atoms with Crippen LogP contribution in [0.4, 0.5) is 0 Å². The molecule has 1 heterocycles. The molecule has 1 aromatic carbocycles. The number of carbonyl (C=O) groups excluding carboxylic acids is 2. The summed E-state index contributed by atoms with van der Waals surface area (Å²) in [5.41, 5.74) is 2.69. The fourth-order valence-electron chi connectivity index (χ4n) is 3.06. The zero-order valence-corrected chi connectivity index (χ0v) is 14.4. The molecular formula is C17H16BrNO4. The van der Waals surface area contributed by atoms with Crippen LogP contribution in [0.1, 0.15) is 42.3 Å². The lowest BCUT2D eigenvalue weighted by Crippen LogP contribution is -2.33. The van der Waals surface area contributed by atoms with Gasteiger partial charge in [0.1, 0.15) is 6.10 Å². The van der Waals surface area contributed by atoms with Gasteiger partial charge in [0.2, 0.25) is 0 Å². The second-order valence-electron chi connectivity index (χ2n) is 5.52. The van der Waals surface area contributed by atoms with E-state index in [0.29, 0.717) is 6.42 Å². The number of esters is 2. The van der Waals surface area contributed by atoms with Crippen molar-refractivity contribution in [3.05, 3.63) is 41.6 Å². The summed E-state index contributed by atoms with van der Waals surface area (Å²) < 4.78 is 10.9. The number of benzene rings is 1. The molecular weight excluding hydrogens is 362 g/mol. The number of halogens is 1. The summed E-state index contributed by atoms with van der Waals surface area (Å²) in [7, 11) is 0. The molecule has 1 aliphatic rings. The molecule has 23 heavy (non-hydrogen) atoms. The molecule has 3 unspecified atom stereocenters. The third kappa shape index (κ3) is 3.08. The van der Waals surface area contributed by atoms with Gasteiger partial charge in [0, 0.05) is 42.2 Å². The molecule has 0 spiro atoms. The number of hydrogen-bond acceptors (Lipinski definition) is 5. The molecule has 3 atom stereocenters. The van der Waals surface area contributed by atoms with Gasteiger partial charge < -0.3 is 9.47 Å². The summed E-state index contributed by atoms with van der Waals surface area (Å²) in [5, 5.41) is 0.901. The quantitative estimate of drug-likeness (QED) is 0.590. The molecule has 0 saturated heterocycles. The van der Waals surface area contributed by atoms with E-state index in [1.165, 1.54) is 13.8 Å². The summed E-state index contributed by atoms with van der Waals surface area (Å²) in [6.45, 7) is 2.71. The summed E-state index contributed by atoms with van der Waals surface area (Å²) in [5.74, 6) is -0.805. The van der Waals surface area contributed by atoms with Crippen LogP contribution in [-0.4, -0.2) is 23.0 Å². The summed E-state index contributed by atoms with van der Waals surface area (Å²) in [4.78, 5) is 27.4. The van der Waals surface area contributed by atoms with E-state index in [2.05, 4.69) is 20.9 Å². The van der Waals surface area contributed by atoms with Crippen LogP contribution in [0.5, 0.6) is 0 Å². The Balaban J connectivity index is 2.19. The van der Waals surface area contributed by atoms with Gasteiger partial charge in [0.15, 0.2) is 6.10 Å². The van der Waals surface area contributed by atoms with Crippen molar-refractivity contribution < 1.29 is 19.1 Å². The number of alkyl halides is 1. The van der Waals surface area contributed by atoms with Crippen LogP contribution in [0.25, 0.3) is 10.9 Å². The first-order chi connectivity index (χ1) is 11.0. The van der Waals surface area contributed by atoms with Gasteiger partial charge >= 0.3 is 11.9 Å². The Hall–Kier alpha value is -1.95. The van der Waals surface area contributed by atoms with Crippen LogP contribution < -0.4 is 0 Å². The van der Waals surface area contributed by atoms with Crippen molar-refractivity contribution in [3.8, 4) is 0 Å². The van der Waals surface area contributed by atoms with Gasteiger partial charge in [-0.05, 0) is 17.7 Å². The predicted octanol–water partition coefficient (Wildman–Crippen LogP) is 3.61. The largest absolute Gasteiger partial charge is 0.458 e. The van der Waals surface area contributed by atoms with Gasteiger partial charge in [-0.15, -0.1) is 0 Å². The van der Waals surface area contributed by atoms with Crippen LogP contribution in [0, 0.1) is 0 Å². The smallest absolute Gasteiger partial charge is 0.303 e. The number of carbonyl (C=O) groups is 2. The molecule has 0 amide bonds. The van der Waals surface area contributed by atoms with Crippen molar-refractivity contribution >= 4 is 38.8 Å². The highest BCUT2D eigenvalue weighted by molar-refractivity contribution is 9.09. The first kappa shape index (κ1) is 15.9. The van der Waals surface area contributed by atoms with Crippen molar-refractivity contribution in [3.63, 3.8) is 0 Å². The highest BCUT2D eigenvalue weighted by atomic mass is 79.9. The lowest BCUT2D eigenvalue weighted by atomic mass is 9.84. The lowest BCUT2D eigenvalue weighted by Gasteiger charge is -2.35. The Morgan fingerprint density at radius 2 is 1.91 bits per heavy atom. The number of aromatic nitrogens is 1. The van der Waals surface area contributed by atoms with E-state index in [-0.39, 0.29) is 4.83 Å². The van der Waals surface area contributed by atoms with Crippen molar-refractivity contribution in [2.45, 2.75) is 37.3 Å². The maximum Gasteiger partial charge on any atom is 0.303 e. The number of ether oxygens (including phenoxy) is 2. The van der Waals surface area contributed by atoms with Crippen molar-refractivity contribution in [2.75, 3.05) is 0 Å². The van der Waals surface area contributed by atoms with Crippen molar-refractivity contribution in [2.24, 2.45) is 0 Å². The minimum atomic E-state index is -0.631. The Kier molecular flexibility index (Phi) is 4.35. The second kappa shape index (κ2) is 6.28.